The molecule has 1 amide bonds. The number of nitrogens with zero attached hydrogens (tertiary/aromatic N) is 1. The molecule has 8 nitrogen and oxygen atoms in total. The molecule has 38 heavy (non-hydrogen) atoms. The molecule has 0 atom stereocenters. The quantitative estimate of drug-likeness (QED) is 0.343. The minimum absolute atomic E-state index is 0.0671. The van der Waals surface area contributed by atoms with Crippen LogP contribution in [0.25, 0.3) is 0 Å². The molecule has 0 fully saturated rings. The molecule has 0 aliphatic carbocycles. The van der Waals surface area contributed by atoms with Gasteiger partial charge in [-0.2, -0.15) is 0 Å². The van der Waals surface area contributed by atoms with Crippen molar-refractivity contribution >= 4 is 21.6 Å². The third-order valence-corrected chi connectivity index (χ3v) is 7.65. The van der Waals surface area contributed by atoms with E-state index in [0.29, 0.717) is 50.7 Å². The van der Waals surface area contributed by atoms with Crippen molar-refractivity contribution in [1.29, 1.82) is 0 Å². The van der Waals surface area contributed by atoms with Crippen molar-refractivity contribution in [2.75, 3.05) is 37.2 Å². The Labute approximate surface area is 222 Å². The number of anilines is 1. The molecular weight excluding hydrogens is 511 g/mol. The predicted molar refractivity (Wildman–Crippen MR) is 142 cm³/mol. The van der Waals surface area contributed by atoms with Crippen molar-refractivity contribution in [1.82, 2.24) is 5.32 Å². The van der Waals surface area contributed by atoms with Gasteiger partial charge in [-0.05, 0) is 67.3 Å². The zero-order chi connectivity index (χ0) is 27.0. The van der Waals surface area contributed by atoms with E-state index in [-0.39, 0.29) is 10.6 Å². The van der Waals surface area contributed by atoms with Gasteiger partial charge in [0.25, 0.3) is 10.0 Å². The van der Waals surface area contributed by atoms with E-state index >= 15 is 0 Å². The highest BCUT2D eigenvalue weighted by atomic mass is 32.2. The molecule has 0 bridgehead atoms. The van der Waals surface area contributed by atoms with E-state index in [1.165, 1.54) is 30.3 Å². The zero-order valence-electron chi connectivity index (χ0n) is 21.2. The van der Waals surface area contributed by atoms with E-state index < -0.39 is 28.3 Å². The Morgan fingerprint density at radius 3 is 2.53 bits per heavy atom. The van der Waals surface area contributed by atoms with Gasteiger partial charge in [0.2, 0.25) is 5.91 Å². The largest absolute Gasteiger partial charge is 0.493 e. The maximum atomic E-state index is 13.6. The lowest BCUT2D eigenvalue weighted by atomic mass is 10.1. The van der Waals surface area contributed by atoms with Crippen LogP contribution in [-0.4, -0.2) is 47.2 Å². The number of benzene rings is 3. The fourth-order valence-electron chi connectivity index (χ4n) is 3.99. The maximum absolute atomic E-state index is 13.6. The first-order valence-corrected chi connectivity index (χ1v) is 14.0. The average molecular weight is 543 g/mol. The van der Waals surface area contributed by atoms with Crippen LogP contribution in [0.15, 0.2) is 71.6 Å². The Morgan fingerprint density at radius 2 is 1.76 bits per heavy atom. The van der Waals surface area contributed by atoms with Gasteiger partial charge in [-0.15, -0.1) is 0 Å². The van der Waals surface area contributed by atoms with Gasteiger partial charge in [-0.3, -0.25) is 9.10 Å². The van der Waals surface area contributed by atoms with Crippen LogP contribution in [0.4, 0.5) is 10.1 Å². The molecule has 3 aromatic carbocycles. The Balaban J connectivity index is 1.44. The van der Waals surface area contributed by atoms with E-state index in [4.69, 9.17) is 14.2 Å². The number of amides is 1. The second kappa shape index (κ2) is 12.6. The highest BCUT2D eigenvalue weighted by Crippen LogP contribution is 2.34. The van der Waals surface area contributed by atoms with Gasteiger partial charge >= 0.3 is 0 Å². The highest BCUT2D eigenvalue weighted by Gasteiger charge is 2.29. The van der Waals surface area contributed by atoms with Crippen LogP contribution in [0.1, 0.15) is 25.3 Å². The summed E-state index contributed by atoms with van der Waals surface area (Å²) in [6.07, 6.45) is 2.24. The summed E-state index contributed by atoms with van der Waals surface area (Å²) in [7, 11) is -4.19. The molecule has 0 saturated carbocycles. The summed E-state index contributed by atoms with van der Waals surface area (Å²) in [4.78, 5) is 12.8. The van der Waals surface area contributed by atoms with Crippen molar-refractivity contribution in [2.24, 2.45) is 0 Å². The number of halogens is 1. The topological polar surface area (TPSA) is 94.2 Å². The monoisotopic (exact) mass is 542 g/mol. The number of fused-ring (bicyclic) bond motifs is 1. The van der Waals surface area contributed by atoms with E-state index in [1.807, 2.05) is 31.2 Å². The third-order valence-electron chi connectivity index (χ3n) is 5.88. The van der Waals surface area contributed by atoms with Crippen LogP contribution in [0, 0.1) is 5.82 Å². The number of sulfonamides is 1. The van der Waals surface area contributed by atoms with Gasteiger partial charge < -0.3 is 19.5 Å². The Bertz CT molecular complexity index is 1350. The Hall–Kier alpha value is -3.79. The molecule has 10 heteroatoms. The van der Waals surface area contributed by atoms with Crippen LogP contribution in [0.5, 0.6) is 17.2 Å². The smallest absolute Gasteiger partial charge is 0.264 e. The molecule has 0 radical (unpaired) electrons. The van der Waals surface area contributed by atoms with Crippen LogP contribution >= 0.6 is 0 Å². The Morgan fingerprint density at radius 1 is 1.03 bits per heavy atom. The van der Waals surface area contributed by atoms with Crippen molar-refractivity contribution in [2.45, 2.75) is 31.1 Å². The zero-order valence-corrected chi connectivity index (χ0v) is 22.0. The number of carbonyl (C=O) groups excluding carboxylic acids is 1. The summed E-state index contributed by atoms with van der Waals surface area (Å²) in [6.45, 7) is 3.22. The average Bonchev–Trinajstić information content (AvgIpc) is 2.93. The number of para-hydroxylation sites is 1. The van der Waals surface area contributed by atoms with Crippen LogP contribution in [0.3, 0.4) is 0 Å². The van der Waals surface area contributed by atoms with Gasteiger partial charge in [-0.1, -0.05) is 25.1 Å². The summed E-state index contributed by atoms with van der Waals surface area (Å²) in [5, 5.41) is 2.80. The minimum Gasteiger partial charge on any atom is -0.493 e. The van der Waals surface area contributed by atoms with Gasteiger partial charge in [0, 0.05) is 12.6 Å². The first kappa shape index (κ1) is 27.3. The number of carbonyl (C=O) groups is 1. The molecule has 0 spiro atoms. The lowest BCUT2D eigenvalue weighted by Crippen LogP contribution is -2.41. The first-order chi connectivity index (χ1) is 18.4. The molecule has 1 aliphatic heterocycles. The maximum Gasteiger partial charge on any atom is 0.264 e. The molecular formula is C28H31FN2O6S. The lowest BCUT2D eigenvalue weighted by molar-refractivity contribution is -0.119. The number of ether oxygens (including phenoxy) is 3. The summed E-state index contributed by atoms with van der Waals surface area (Å²) in [5.74, 6) is 0.588. The van der Waals surface area contributed by atoms with Crippen molar-refractivity contribution < 1.29 is 31.8 Å². The van der Waals surface area contributed by atoms with Crippen LogP contribution < -0.4 is 23.8 Å². The Kier molecular flexibility index (Phi) is 9.06. The predicted octanol–water partition coefficient (Wildman–Crippen LogP) is 4.33. The molecule has 4 rings (SSSR count). The molecule has 0 saturated heterocycles. The second-order valence-corrected chi connectivity index (χ2v) is 10.6. The fraction of sp³-hybridized carbons (Fsp3) is 0.321. The van der Waals surface area contributed by atoms with E-state index in [2.05, 4.69) is 5.32 Å². The minimum atomic E-state index is -4.19. The highest BCUT2D eigenvalue weighted by molar-refractivity contribution is 7.92. The summed E-state index contributed by atoms with van der Waals surface area (Å²) in [5.41, 5.74) is 1.21. The molecule has 1 heterocycles. The molecule has 0 aromatic heterocycles. The standard InChI is InChI=1S/C28H31FN2O6S/c1-2-16-35-25-8-4-3-6-21(25)7-5-15-30-28(32)20-31(23-11-9-22(29)10-12-23)38(33,34)24-13-14-26-27(19-24)37-18-17-36-26/h3-4,6,8-14,19H,2,5,7,15-18,20H2,1H3,(H,30,32). The van der Waals surface area contributed by atoms with Gasteiger partial charge in [0.05, 0.1) is 17.2 Å². The lowest BCUT2D eigenvalue weighted by Gasteiger charge is -2.25. The number of hydrogen-bond acceptors (Lipinski definition) is 6. The first-order valence-electron chi connectivity index (χ1n) is 12.5. The van der Waals surface area contributed by atoms with Crippen molar-refractivity contribution in [3.05, 3.63) is 78.1 Å². The summed E-state index contributed by atoms with van der Waals surface area (Å²) < 4.78 is 58.6. The fourth-order valence-corrected chi connectivity index (χ4v) is 5.43. The second-order valence-electron chi connectivity index (χ2n) is 8.70. The van der Waals surface area contributed by atoms with E-state index in [1.54, 1.807) is 0 Å². The SMILES string of the molecule is CCCOc1ccccc1CCCNC(=O)CN(c1ccc(F)cc1)S(=O)(=O)c1ccc2c(c1)OCCO2. The third kappa shape index (κ3) is 6.74. The molecule has 1 N–H and O–H groups in total. The summed E-state index contributed by atoms with van der Waals surface area (Å²) in [6, 6.07) is 17.0. The molecule has 0 unspecified atom stereocenters. The number of aryl methyl sites for hydroxylation is 1. The normalized spacial score (nSPS) is 12.6. The van der Waals surface area contributed by atoms with E-state index in [0.717, 1.165) is 34.2 Å². The summed E-state index contributed by atoms with van der Waals surface area (Å²) >= 11 is 0. The number of nitrogens with one attached hydrogen (secondary N) is 1. The molecule has 3 aromatic rings. The van der Waals surface area contributed by atoms with Crippen LogP contribution in [-0.2, 0) is 21.2 Å². The molecule has 1 aliphatic rings. The van der Waals surface area contributed by atoms with Crippen molar-refractivity contribution in [3.63, 3.8) is 0 Å². The number of hydrogen-bond donors (Lipinski definition) is 1. The van der Waals surface area contributed by atoms with Crippen molar-refractivity contribution in [3.8, 4) is 17.2 Å². The van der Waals surface area contributed by atoms with E-state index in [9.17, 15) is 17.6 Å². The van der Waals surface area contributed by atoms with Gasteiger partial charge in [-0.25, -0.2) is 12.8 Å². The number of rotatable bonds is 12. The van der Waals surface area contributed by atoms with Gasteiger partial charge in [0.1, 0.15) is 31.3 Å². The van der Waals surface area contributed by atoms with Crippen LogP contribution in [0.2, 0.25) is 0 Å². The molecule has 202 valence electrons. The van der Waals surface area contributed by atoms with Gasteiger partial charge in [0.15, 0.2) is 11.5 Å².